The number of methoxy groups -OCH3 is 1. The second-order valence-corrected chi connectivity index (χ2v) is 6.87. The predicted octanol–water partition coefficient (Wildman–Crippen LogP) is 1.69. The summed E-state index contributed by atoms with van der Waals surface area (Å²) in [6.45, 7) is 7.47. The lowest BCUT2D eigenvalue weighted by Gasteiger charge is -2.25. The van der Waals surface area contributed by atoms with Gasteiger partial charge in [0.15, 0.2) is 5.78 Å². The summed E-state index contributed by atoms with van der Waals surface area (Å²) in [7, 11) is 1.46. The molecule has 0 fully saturated rings. The Balaban J connectivity index is 2.74. The standard InChI is InChI=1S/C19H31N3O4/c1-13-10-15(11-14(2)21-13)26-12-17(23)16(8-6-7-9-20)22-18(24)19(3,4)25-5/h10-11,16H,6-9,12,20H2,1-5H3,(H,22,24)/t16-/m0/s1. The maximum Gasteiger partial charge on any atom is 0.252 e. The lowest BCUT2D eigenvalue weighted by atomic mass is 10.0. The number of hydrogen-bond donors (Lipinski definition) is 2. The van der Waals surface area contributed by atoms with Crippen LogP contribution < -0.4 is 15.8 Å². The number of nitrogens with zero attached hydrogens (tertiary/aromatic N) is 1. The Kier molecular flexibility index (Phi) is 8.68. The van der Waals surface area contributed by atoms with Gasteiger partial charge in [0.2, 0.25) is 0 Å². The van der Waals surface area contributed by atoms with Crippen molar-refractivity contribution in [2.45, 2.75) is 58.6 Å². The molecule has 146 valence electrons. The van der Waals surface area contributed by atoms with Gasteiger partial charge >= 0.3 is 0 Å². The Hall–Kier alpha value is -1.99. The Morgan fingerprint density at radius 3 is 2.38 bits per heavy atom. The molecule has 1 rings (SSSR count). The van der Waals surface area contributed by atoms with E-state index in [-0.39, 0.29) is 18.3 Å². The monoisotopic (exact) mass is 365 g/mol. The number of aryl methyl sites for hydroxylation is 2. The third kappa shape index (κ3) is 7.09. The molecule has 0 aliphatic rings. The van der Waals surface area contributed by atoms with E-state index < -0.39 is 11.6 Å². The Morgan fingerprint density at radius 2 is 1.85 bits per heavy atom. The molecule has 7 heteroatoms. The van der Waals surface area contributed by atoms with Crippen molar-refractivity contribution in [1.29, 1.82) is 0 Å². The molecule has 7 nitrogen and oxygen atoms in total. The number of rotatable bonds is 11. The topological polar surface area (TPSA) is 104 Å². The van der Waals surface area contributed by atoms with E-state index in [2.05, 4.69) is 10.3 Å². The number of carbonyl (C=O) groups is 2. The fraction of sp³-hybridized carbons (Fsp3) is 0.632. The van der Waals surface area contributed by atoms with E-state index in [1.54, 1.807) is 26.0 Å². The van der Waals surface area contributed by atoms with E-state index in [9.17, 15) is 9.59 Å². The summed E-state index contributed by atoms with van der Waals surface area (Å²) >= 11 is 0. The fourth-order valence-corrected chi connectivity index (χ4v) is 2.37. The highest BCUT2D eigenvalue weighted by Gasteiger charge is 2.31. The molecule has 0 saturated heterocycles. The lowest BCUT2D eigenvalue weighted by molar-refractivity contribution is -0.142. The fourth-order valence-electron chi connectivity index (χ4n) is 2.37. The highest BCUT2D eigenvalue weighted by Crippen LogP contribution is 2.14. The Bertz CT molecular complexity index is 597. The number of aromatic nitrogens is 1. The molecule has 0 bridgehead atoms. The highest BCUT2D eigenvalue weighted by atomic mass is 16.5. The van der Waals surface area contributed by atoms with Crippen LogP contribution in [0.15, 0.2) is 12.1 Å². The van der Waals surface area contributed by atoms with Gasteiger partial charge in [-0.05, 0) is 53.5 Å². The smallest absolute Gasteiger partial charge is 0.252 e. The minimum atomic E-state index is -1.01. The zero-order chi connectivity index (χ0) is 19.7. The van der Waals surface area contributed by atoms with Crippen molar-refractivity contribution in [1.82, 2.24) is 10.3 Å². The number of carbonyl (C=O) groups excluding carboxylic acids is 2. The van der Waals surface area contributed by atoms with Gasteiger partial charge in [0.1, 0.15) is 18.0 Å². The highest BCUT2D eigenvalue weighted by molar-refractivity contribution is 5.92. The number of Topliss-reactive ketones (excluding diaryl/α,β-unsaturated/α-hetero) is 1. The van der Waals surface area contributed by atoms with Gasteiger partial charge in [-0.2, -0.15) is 0 Å². The van der Waals surface area contributed by atoms with Crippen LogP contribution in [0.4, 0.5) is 0 Å². The number of nitrogens with one attached hydrogen (secondary N) is 1. The molecule has 0 aliphatic carbocycles. The third-order valence-electron chi connectivity index (χ3n) is 4.13. The van der Waals surface area contributed by atoms with Crippen LogP contribution in [-0.4, -0.2) is 48.6 Å². The van der Waals surface area contributed by atoms with E-state index in [0.717, 1.165) is 24.2 Å². The molecular formula is C19H31N3O4. The molecule has 1 aromatic heterocycles. The number of ketones is 1. The van der Waals surface area contributed by atoms with Crippen LogP contribution >= 0.6 is 0 Å². The number of unbranched alkanes of at least 4 members (excludes halogenated alkanes) is 1. The van der Waals surface area contributed by atoms with Gasteiger partial charge in [0.05, 0.1) is 6.04 Å². The van der Waals surface area contributed by atoms with Crippen LogP contribution in [0.3, 0.4) is 0 Å². The molecule has 0 aromatic carbocycles. The number of pyridine rings is 1. The summed E-state index contributed by atoms with van der Waals surface area (Å²) < 4.78 is 10.8. The average Bonchev–Trinajstić information content (AvgIpc) is 2.57. The second kappa shape index (κ2) is 10.2. The van der Waals surface area contributed by atoms with Crippen LogP contribution in [0, 0.1) is 13.8 Å². The van der Waals surface area contributed by atoms with E-state index >= 15 is 0 Å². The van der Waals surface area contributed by atoms with Gasteiger partial charge in [-0.1, -0.05) is 0 Å². The van der Waals surface area contributed by atoms with Crippen molar-refractivity contribution in [3.63, 3.8) is 0 Å². The SMILES string of the molecule is COC(C)(C)C(=O)N[C@@H](CCCCN)C(=O)COc1cc(C)nc(C)c1. The molecule has 1 heterocycles. The Labute approximate surface area is 155 Å². The predicted molar refractivity (Wildman–Crippen MR) is 100 cm³/mol. The molecule has 1 amide bonds. The first kappa shape index (κ1) is 22.1. The summed E-state index contributed by atoms with van der Waals surface area (Å²) in [5.41, 5.74) is 6.16. The summed E-state index contributed by atoms with van der Waals surface area (Å²) in [5, 5.41) is 2.78. The molecule has 1 aromatic rings. The van der Waals surface area contributed by atoms with Crippen molar-refractivity contribution < 1.29 is 19.1 Å². The molecule has 0 radical (unpaired) electrons. The quantitative estimate of drug-likeness (QED) is 0.578. The molecule has 0 spiro atoms. The average molecular weight is 365 g/mol. The van der Waals surface area contributed by atoms with E-state index in [4.69, 9.17) is 15.2 Å². The molecule has 0 saturated carbocycles. The molecule has 26 heavy (non-hydrogen) atoms. The zero-order valence-corrected chi connectivity index (χ0v) is 16.4. The van der Waals surface area contributed by atoms with Crippen LogP contribution in [0.25, 0.3) is 0 Å². The second-order valence-electron chi connectivity index (χ2n) is 6.87. The van der Waals surface area contributed by atoms with Gasteiger partial charge in [-0.25, -0.2) is 0 Å². The molecule has 0 unspecified atom stereocenters. The first-order valence-electron chi connectivity index (χ1n) is 8.86. The van der Waals surface area contributed by atoms with Crippen LogP contribution in [0.2, 0.25) is 0 Å². The van der Waals surface area contributed by atoms with Crippen LogP contribution in [0.5, 0.6) is 5.75 Å². The summed E-state index contributed by atoms with van der Waals surface area (Å²) in [6, 6.07) is 2.92. The largest absolute Gasteiger partial charge is 0.486 e. The number of hydrogen-bond acceptors (Lipinski definition) is 6. The summed E-state index contributed by atoms with van der Waals surface area (Å²) in [6.07, 6.45) is 2.05. The van der Waals surface area contributed by atoms with Crippen molar-refractivity contribution in [2.75, 3.05) is 20.3 Å². The molecule has 3 N–H and O–H groups in total. The van der Waals surface area contributed by atoms with E-state index in [1.807, 2.05) is 13.8 Å². The van der Waals surface area contributed by atoms with Crippen molar-refractivity contribution >= 4 is 11.7 Å². The minimum Gasteiger partial charge on any atom is -0.486 e. The van der Waals surface area contributed by atoms with Gasteiger partial charge < -0.3 is 20.5 Å². The summed E-state index contributed by atoms with van der Waals surface area (Å²) in [4.78, 5) is 29.2. The van der Waals surface area contributed by atoms with Gasteiger partial charge in [0.25, 0.3) is 5.91 Å². The van der Waals surface area contributed by atoms with Crippen molar-refractivity contribution in [3.8, 4) is 5.75 Å². The van der Waals surface area contributed by atoms with E-state index in [0.29, 0.717) is 18.7 Å². The molecule has 0 aliphatic heterocycles. The van der Waals surface area contributed by atoms with E-state index in [1.165, 1.54) is 7.11 Å². The molecular weight excluding hydrogens is 334 g/mol. The maximum absolute atomic E-state index is 12.6. The first-order chi connectivity index (χ1) is 12.2. The number of nitrogens with two attached hydrogens (primary N) is 1. The number of amides is 1. The first-order valence-corrected chi connectivity index (χ1v) is 8.86. The maximum atomic E-state index is 12.6. The van der Waals surface area contributed by atoms with Gasteiger partial charge in [-0.3, -0.25) is 14.6 Å². The lowest BCUT2D eigenvalue weighted by Crippen LogP contribution is -2.51. The van der Waals surface area contributed by atoms with Crippen LogP contribution in [0.1, 0.15) is 44.5 Å². The van der Waals surface area contributed by atoms with Crippen molar-refractivity contribution in [2.24, 2.45) is 5.73 Å². The zero-order valence-electron chi connectivity index (χ0n) is 16.4. The van der Waals surface area contributed by atoms with Crippen molar-refractivity contribution in [3.05, 3.63) is 23.5 Å². The third-order valence-corrected chi connectivity index (χ3v) is 4.13. The number of ether oxygens (including phenoxy) is 2. The summed E-state index contributed by atoms with van der Waals surface area (Å²) in [5.74, 6) is 0.0729. The van der Waals surface area contributed by atoms with Gasteiger partial charge in [0, 0.05) is 30.6 Å². The van der Waals surface area contributed by atoms with Crippen LogP contribution in [-0.2, 0) is 14.3 Å². The minimum absolute atomic E-state index is 0.121. The Morgan fingerprint density at radius 1 is 1.23 bits per heavy atom. The molecule has 1 atom stereocenters. The normalized spacial score (nSPS) is 12.5. The van der Waals surface area contributed by atoms with Gasteiger partial charge in [-0.15, -0.1) is 0 Å².